The monoisotopic (exact) mass is 313 g/mol. The fourth-order valence-corrected chi connectivity index (χ4v) is 2.52. The first-order chi connectivity index (χ1) is 11.1. The number of rotatable bonds is 7. The van der Waals surface area contributed by atoms with Crippen LogP contribution in [0.25, 0.3) is 0 Å². The number of likely N-dealkylation sites (N-methyl/N-ethyl adjacent to an activating group) is 1. The summed E-state index contributed by atoms with van der Waals surface area (Å²) in [7, 11) is 3.62. The number of anilines is 1. The van der Waals surface area contributed by atoms with E-state index >= 15 is 0 Å². The van der Waals surface area contributed by atoms with Gasteiger partial charge in [0.15, 0.2) is 6.54 Å². The van der Waals surface area contributed by atoms with Crippen molar-refractivity contribution in [1.29, 1.82) is 0 Å². The predicted molar refractivity (Wildman–Crippen MR) is 92.9 cm³/mol. The van der Waals surface area contributed by atoms with Crippen LogP contribution in [0.2, 0.25) is 0 Å². The zero-order valence-electron chi connectivity index (χ0n) is 14.1. The van der Waals surface area contributed by atoms with Gasteiger partial charge in [0, 0.05) is 5.56 Å². The van der Waals surface area contributed by atoms with Crippen molar-refractivity contribution in [3.05, 3.63) is 59.7 Å². The summed E-state index contributed by atoms with van der Waals surface area (Å²) in [6.45, 7) is 3.38. The van der Waals surface area contributed by atoms with Crippen LogP contribution in [-0.4, -0.2) is 26.6 Å². The van der Waals surface area contributed by atoms with Gasteiger partial charge in [-0.15, -0.1) is 0 Å². The minimum atomic E-state index is -0.0165. The fraction of sp³-hybridized carbons (Fsp3) is 0.316. The second-order valence-corrected chi connectivity index (χ2v) is 5.73. The molecule has 0 aromatic heterocycles. The van der Waals surface area contributed by atoms with Crippen molar-refractivity contribution in [2.45, 2.75) is 19.9 Å². The van der Waals surface area contributed by atoms with Crippen molar-refractivity contribution in [3.63, 3.8) is 0 Å². The maximum atomic E-state index is 12.2. The normalized spacial score (nSPS) is 11.8. The van der Waals surface area contributed by atoms with Gasteiger partial charge in [-0.3, -0.25) is 4.79 Å². The van der Waals surface area contributed by atoms with E-state index in [0.29, 0.717) is 18.0 Å². The summed E-state index contributed by atoms with van der Waals surface area (Å²) in [5.74, 6) is 0.658. The van der Waals surface area contributed by atoms with Crippen LogP contribution >= 0.6 is 0 Å². The summed E-state index contributed by atoms with van der Waals surface area (Å²) in [4.78, 5) is 13.3. The Morgan fingerprint density at radius 3 is 2.39 bits per heavy atom. The number of ether oxygens (including phenoxy) is 1. The third-order valence-electron chi connectivity index (χ3n) is 3.78. The average molecular weight is 313 g/mol. The smallest absolute Gasteiger partial charge is 0.279 e. The predicted octanol–water partition coefficient (Wildman–Crippen LogP) is 1.91. The molecule has 1 amide bonds. The van der Waals surface area contributed by atoms with Gasteiger partial charge in [-0.05, 0) is 24.1 Å². The molecule has 1 unspecified atom stereocenters. The van der Waals surface area contributed by atoms with E-state index in [9.17, 15) is 4.79 Å². The van der Waals surface area contributed by atoms with Crippen molar-refractivity contribution in [3.8, 4) is 5.75 Å². The van der Waals surface area contributed by atoms with Crippen LogP contribution in [0.15, 0.2) is 48.5 Å². The fourth-order valence-electron chi connectivity index (χ4n) is 2.52. The average Bonchev–Trinajstić information content (AvgIpc) is 2.55. The van der Waals surface area contributed by atoms with Crippen molar-refractivity contribution in [1.82, 2.24) is 0 Å². The summed E-state index contributed by atoms with van der Waals surface area (Å²) in [6, 6.07) is 16.0. The number of para-hydroxylation sites is 2. The van der Waals surface area contributed by atoms with E-state index in [0.717, 1.165) is 17.9 Å². The van der Waals surface area contributed by atoms with E-state index in [2.05, 4.69) is 36.5 Å². The lowest BCUT2D eigenvalue weighted by molar-refractivity contribution is -0.885. The van der Waals surface area contributed by atoms with Gasteiger partial charge in [0.1, 0.15) is 12.3 Å². The second-order valence-electron chi connectivity index (χ2n) is 5.73. The topological polar surface area (TPSA) is 42.8 Å². The molecular formula is C19H25N2O2+. The molecule has 0 heterocycles. The highest BCUT2D eigenvalue weighted by Gasteiger charge is 2.12. The van der Waals surface area contributed by atoms with Crippen LogP contribution in [0.4, 0.5) is 5.69 Å². The lowest BCUT2D eigenvalue weighted by Crippen LogP contribution is -3.08. The molecule has 0 saturated heterocycles. The molecular weight excluding hydrogens is 288 g/mol. The van der Waals surface area contributed by atoms with Crippen LogP contribution < -0.4 is 15.0 Å². The minimum Gasteiger partial charge on any atom is -0.495 e. The third-order valence-corrected chi connectivity index (χ3v) is 3.78. The Hall–Kier alpha value is -2.33. The SMILES string of the molecule is CCc1ccc(C[NH+](C)CC(=O)Nc2ccccc2OC)cc1. The molecule has 0 aliphatic rings. The summed E-state index contributed by atoms with van der Waals surface area (Å²) in [6.07, 6.45) is 1.05. The van der Waals surface area contributed by atoms with Crippen molar-refractivity contribution in [2.75, 3.05) is 26.0 Å². The number of quaternary nitrogens is 1. The molecule has 122 valence electrons. The van der Waals surface area contributed by atoms with E-state index in [1.54, 1.807) is 7.11 Å². The molecule has 1 atom stereocenters. The maximum Gasteiger partial charge on any atom is 0.279 e. The third kappa shape index (κ3) is 5.11. The Labute approximate surface area is 138 Å². The maximum absolute atomic E-state index is 12.2. The van der Waals surface area contributed by atoms with Gasteiger partial charge in [0.25, 0.3) is 5.91 Å². The zero-order chi connectivity index (χ0) is 16.7. The standard InChI is InChI=1S/C19H24N2O2/c1-4-15-9-11-16(12-10-15)13-21(2)14-19(22)20-17-7-5-6-8-18(17)23-3/h5-12H,4,13-14H2,1-3H3,(H,20,22)/p+1. The Balaban J connectivity index is 1.88. The number of hydrogen-bond acceptors (Lipinski definition) is 2. The van der Waals surface area contributed by atoms with Crippen LogP contribution in [0.1, 0.15) is 18.1 Å². The number of hydrogen-bond donors (Lipinski definition) is 2. The Bertz CT molecular complexity index is 638. The molecule has 4 heteroatoms. The molecule has 23 heavy (non-hydrogen) atoms. The second kappa shape index (κ2) is 8.34. The molecule has 4 nitrogen and oxygen atoms in total. The van der Waals surface area contributed by atoms with Crippen LogP contribution in [0.5, 0.6) is 5.75 Å². The number of amides is 1. The molecule has 2 rings (SSSR count). The highest BCUT2D eigenvalue weighted by Crippen LogP contribution is 2.22. The highest BCUT2D eigenvalue weighted by molar-refractivity contribution is 5.92. The summed E-state index contributed by atoms with van der Waals surface area (Å²) in [5.41, 5.74) is 3.28. The number of carbonyl (C=O) groups excluding carboxylic acids is 1. The summed E-state index contributed by atoms with van der Waals surface area (Å²) < 4.78 is 5.25. The van der Waals surface area contributed by atoms with E-state index in [1.165, 1.54) is 11.1 Å². The first-order valence-corrected chi connectivity index (χ1v) is 7.94. The Morgan fingerprint density at radius 1 is 1.09 bits per heavy atom. The van der Waals surface area contributed by atoms with E-state index in [1.807, 2.05) is 31.3 Å². The van der Waals surface area contributed by atoms with Gasteiger partial charge in [-0.25, -0.2) is 0 Å². The van der Waals surface area contributed by atoms with Gasteiger partial charge in [-0.1, -0.05) is 43.3 Å². The zero-order valence-corrected chi connectivity index (χ0v) is 14.1. The first-order valence-electron chi connectivity index (χ1n) is 7.94. The van der Waals surface area contributed by atoms with Gasteiger partial charge >= 0.3 is 0 Å². The van der Waals surface area contributed by atoms with E-state index in [-0.39, 0.29) is 5.91 Å². The van der Waals surface area contributed by atoms with Crippen molar-refractivity contribution < 1.29 is 14.4 Å². The molecule has 0 bridgehead atoms. The summed E-state index contributed by atoms with van der Waals surface area (Å²) in [5, 5.41) is 2.91. The number of aryl methyl sites for hydroxylation is 1. The van der Waals surface area contributed by atoms with Gasteiger partial charge < -0.3 is 15.0 Å². The van der Waals surface area contributed by atoms with Gasteiger partial charge in [-0.2, -0.15) is 0 Å². The number of nitrogens with one attached hydrogen (secondary N) is 2. The quantitative estimate of drug-likeness (QED) is 0.820. The number of benzene rings is 2. The highest BCUT2D eigenvalue weighted by atomic mass is 16.5. The molecule has 0 radical (unpaired) electrons. The summed E-state index contributed by atoms with van der Waals surface area (Å²) >= 11 is 0. The Morgan fingerprint density at radius 2 is 1.74 bits per heavy atom. The molecule has 2 aromatic rings. The lowest BCUT2D eigenvalue weighted by atomic mass is 10.1. The first kappa shape index (κ1) is 17.0. The Kier molecular flexibility index (Phi) is 6.18. The van der Waals surface area contributed by atoms with Crippen LogP contribution in [0.3, 0.4) is 0 Å². The molecule has 0 aliphatic heterocycles. The van der Waals surface area contributed by atoms with Crippen molar-refractivity contribution in [2.24, 2.45) is 0 Å². The van der Waals surface area contributed by atoms with Crippen LogP contribution in [0, 0.1) is 0 Å². The minimum absolute atomic E-state index is 0.0165. The number of methoxy groups -OCH3 is 1. The van der Waals surface area contributed by atoms with Crippen LogP contribution in [-0.2, 0) is 17.8 Å². The molecule has 0 saturated carbocycles. The van der Waals surface area contributed by atoms with E-state index in [4.69, 9.17) is 4.74 Å². The van der Waals surface area contributed by atoms with Gasteiger partial charge in [0.2, 0.25) is 0 Å². The van der Waals surface area contributed by atoms with Crippen molar-refractivity contribution >= 4 is 11.6 Å². The van der Waals surface area contributed by atoms with E-state index < -0.39 is 0 Å². The largest absolute Gasteiger partial charge is 0.495 e. The van der Waals surface area contributed by atoms with Gasteiger partial charge in [0.05, 0.1) is 19.8 Å². The molecule has 2 aromatic carbocycles. The molecule has 0 spiro atoms. The lowest BCUT2D eigenvalue weighted by Gasteiger charge is -2.15. The number of carbonyl (C=O) groups is 1. The molecule has 2 N–H and O–H groups in total. The molecule has 0 aliphatic carbocycles. The molecule has 0 fully saturated rings.